The average Bonchev–Trinajstić information content (AvgIpc) is 3.05. The first-order chi connectivity index (χ1) is 12.9. The summed E-state index contributed by atoms with van der Waals surface area (Å²) in [4.78, 5) is 17.5. The molecule has 0 bridgehead atoms. The quantitative estimate of drug-likeness (QED) is 0.622. The topological polar surface area (TPSA) is 63.8 Å². The maximum atomic E-state index is 12.3. The summed E-state index contributed by atoms with van der Waals surface area (Å²) in [6, 6.07) is 6.30. The molecule has 6 nitrogen and oxygen atoms in total. The summed E-state index contributed by atoms with van der Waals surface area (Å²) in [6.45, 7) is 7.95. The van der Waals surface area contributed by atoms with E-state index in [1.54, 1.807) is 7.11 Å². The highest BCUT2D eigenvalue weighted by molar-refractivity contribution is 5.86. The van der Waals surface area contributed by atoms with Crippen molar-refractivity contribution in [1.29, 1.82) is 0 Å². The summed E-state index contributed by atoms with van der Waals surface area (Å²) in [5.74, 6) is 0.438. The van der Waals surface area contributed by atoms with E-state index in [1.165, 1.54) is 10.9 Å². The zero-order chi connectivity index (χ0) is 19.4. The van der Waals surface area contributed by atoms with Crippen molar-refractivity contribution in [3.8, 4) is 0 Å². The van der Waals surface area contributed by atoms with E-state index in [4.69, 9.17) is 14.2 Å². The molecular formula is C21H30N2O4. The number of hydrogen-bond donors (Lipinski definition) is 1. The SMILES string of the molecule is COCOCc1cccc2c(C3CCN(C(=O)OC(C)(C)C)CC3)c[nH]c12. The fourth-order valence-electron chi connectivity index (χ4n) is 3.63. The van der Waals surface area contributed by atoms with Crippen LogP contribution in [0, 0.1) is 0 Å². The molecule has 148 valence electrons. The Morgan fingerprint density at radius 1 is 1.26 bits per heavy atom. The Labute approximate surface area is 160 Å². The predicted octanol–water partition coefficient (Wildman–Crippen LogP) is 4.40. The van der Waals surface area contributed by atoms with Crippen LogP contribution in [0.2, 0.25) is 0 Å². The molecule has 1 aliphatic heterocycles. The molecule has 1 N–H and O–H groups in total. The van der Waals surface area contributed by atoms with Gasteiger partial charge in [0.2, 0.25) is 0 Å². The normalized spacial score (nSPS) is 16.1. The highest BCUT2D eigenvalue weighted by Crippen LogP contribution is 2.34. The molecule has 1 amide bonds. The van der Waals surface area contributed by atoms with E-state index in [1.807, 2.05) is 25.7 Å². The molecular weight excluding hydrogens is 344 g/mol. The van der Waals surface area contributed by atoms with Crippen LogP contribution in [0.5, 0.6) is 0 Å². The number of aromatic nitrogens is 1. The number of likely N-dealkylation sites (tertiary alicyclic amines) is 1. The Bertz CT molecular complexity index is 770. The number of rotatable bonds is 5. The summed E-state index contributed by atoms with van der Waals surface area (Å²) in [5, 5.41) is 1.24. The van der Waals surface area contributed by atoms with Crippen LogP contribution in [0.3, 0.4) is 0 Å². The third kappa shape index (κ3) is 4.82. The molecule has 1 saturated heterocycles. The molecule has 0 atom stereocenters. The van der Waals surface area contributed by atoms with Gasteiger partial charge in [-0.2, -0.15) is 0 Å². The Balaban J connectivity index is 1.67. The monoisotopic (exact) mass is 374 g/mol. The summed E-state index contributed by atoms with van der Waals surface area (Å²) in [6.07, 6.45) is 3.78. The van der Waals surface area contributed by atoms with Crippen LogP contribution in [-0.2, 0) is 20.8 Å². The number of nitrogens with one attached hydrogen (secondary N) is 1. The summed E-state index contributed by atoms with van der Waals surface area (Å²) in [7, 11) is 1.62. The molecule has 27 heavy (non-hydrogen) atoms. The third-order valence-corrected chi connectivity index (χ3v) is 4.88. The highest BCUT2D eigenvalue weighted by Gasteiger charge is 2.28. The first-order valence-electron chi connectivity index (χ1n) is 9.52. The van der Waals surface area contributed by atoms with Crippen molar-refractivity contribution in [1.82, 2.24) is 9.88 Å². The van der Waals surface area contributed by atoms with Crippen LogP contribution in [0.25, 0.3) is 10.9 Å². The van der Waals surface area contributed by atoms with Crippen molar-refractivity contribution in [2.24, 2.45) is 0 Å². The smallest absolute Gasteiger partial charge is 0.410 e. The number of nitrogens with zero attached hydrogens (tertiary/aromatic N) is 1. The minimum Gasteiger partial charge on any atom is -0.444 e. The highest BCUT2D eigenvalue weighted by atomic mass is 16.7. The fraction of sp³-hybridized carbons (Fsp3) is 0.571. The van der Waals surface area contributed by atoms with E-state index >= 15 is 0 Å². The Morgan fingerprint density at radius 3 is 2.67 bits per heavy atom. The number of methoxy groups -OCH3 is 1. The van der Waals surface area contributed by atoms with Crippen LogP contribution in [0.4, 0.5) is 4.79 Å². The predicted molar refractivity (Wildman–Crippen MR) is 105 cm³/mol. The molecule has 0 saturated carbocycles. The lowest BCUT2D eigenvalue weighted by Gasteiger charge is -2.33. The molecule has 2 heterocycles. The Hall–Kier alpha value is -2.05. The number of amides is 1. The van der Waals surface area contributed by atoms with Gasteiger partial charge in [-0.1, -0.05) is 18.2 Å². The van der Waals surface area contributed by atoms with Gasteiger partial charge in [-0.3, -0.25) is 0 Å². The minimum atomic E-state index is -0.452. The van der Waals surface area contributed by atoms with E-state index < -0.39 is 5.60 Å². The Kier molecular flexibility index (Phi) is 6.07. The molecule has 0 radical (unpaired) electrons. The fourth-order valence-corrected chi connectivity index (χ4v) is 3.63. The van der Waals surface area contributed by atoms with Gasteiger partial charge in [0.25, 0.3) is 0 Å². The molecule has 1 aliphatic rings. The third-order valence-electron chi connectivity index (χ3n) is 4.88. The van der Waals surface area contributed by atoms with Crippen molar-refractivity contribution < 1.29 is 19.0 Å². The second kappa shape index (κ2) is 8.31. The van der Waals surface area contributed by atoms with Gasteiger partial charge in [0.1, 0.15) is 12.4 Å². The molecule has 1 fully saturated rings. The lowest BCUT2D eigenvalue weighted by molar-refractivity contribution is -0.0387. The van der Waals surface area contributed by atoms with Gasteiger partial charge in [0.05, 0.1) is 12.1 Å². The molecule has 1 aromatic heterocycles. The zero-order valence-electron chi connectivity index (χ0n) is 16.7. The van der Waals surface area contributed by atoms with Crippen molar-refractivity contribution in [3.05, 3.63) is 35.5 Å². The lowest BCUT2D eigenvalue weighted by Crippen LogP contribution is -2.41. The molecule has 2 aromatic rings. The number of hydrogen-bond acceptors (Lipinski definition) is 4. The van der Waals surface area contributed by atoms with E-state index in [0.29, 0.717) is 12.5 Å². The molecule has 6 heteroatoms. The van der Waals surface area contributed by atoms with E-state index in [-0.39, 0.29) is 12.9 Å². The van der Waals surface area contributed by atoms with Gasteiger partial charge in [0, 0.05) is 37.3 Å². The summed E-state index contributed by atoms with van der Waals surface area (Å²) < 4.78 is 16.0. The first kappa shape index (κ1) is 19.7. The number of benzene rings is 1. The number of carbonyl (C=O) groups is 1. The largest absolute Gasteiger partial charge is 0.444 e. The number of para-hydroxylation sites is 1. The van der Waals surface area contributed by atoms with Crippen molar-refractivity contribution in [2.45, 2.75) is 51.7 Å². The minimum absolute atomic E-state index is 0.211. The van der Waals surface area contributed by atoms with Crippen molar-refractivity contribution in [3.63, 3.8) is 0 Å². The second-order valence-corrected chi connectivity index (χ2v) is 8.08. The number of fused-ring (bicyclic) bond motifs is 1. The molecule has 3 rings (SSSR count). The number of ether oxygens (including phenoxy) is 3. The Morgan fingerprint density at radius 2 is 2.00 bits per heavy atom. The van der Waals surface area contributed by atoms with Crippen LogP contribution in [-0.4, -0.2) is 48.6 Å². The molecule has 0 aliphatic carbocycles. The number of aromatic amines is 1. The summed E-state index contributed by atoms with van der Waals surface area (Å²) in [5.41, 5.74) is 3.12. The van der Waals surface area contributed by atoms with E-state index in [0.717, 1.165) is 37.0 Å². The first-order valence-corrected chi connectivity index (χ1v) is 9.52. The average molecular weight is 374 g/mol. The van der Waals surface area contributed by atoms with Gasteiger partial charge in [-0.25, -0.2) is 4.79 Å². The zero-order valence-corrected chi connectivity index (χ0v) is 16.7. The van der Waals surface area contributed by atoms with Crippen LogP contribution >= 0.6 is 0 Å². The van der Waals surface area contributed by atoms with Gasteiger partial charge < -0.3 is 24.1 Å². The maximum Gasteiger partial charge on any atom is 0.410 e. The molecule has 0 spiro atoms. The lowest BCUT2D eigenvalue weighted by atomic mass is 9.89. The number of H-pyrrole nitrogens is 1. The van der Waals surface area contributed by atoms with Gasteiger partial charge in [-0.05, 0) is 45.1 Å². The molecule has 0 unspecified atom stereocenters. The van der Waals surface area contributed by atoms with Gasteiger partial charge in [-0.15, -0.1) is 0 Å². The number of piperidine rings is 1. The van der Waals surface area contributed by atoms with Gasteiger partial charge in [0.15, 0.2) is 0 Å². The van der Waals surface area contributed by atoms with Crippen LogP contribution in [0.15, 0.2) is 24.4 Å². The number of carbonyl (C=O) groups excluding carboxylic acids is 1. The molecule has 1 aromatic carbocycles. The second-order valence-electron chi connectivity index (χ2n) is 8.08. The van der Waals surface area contributed by atoms with Crippen LogP contribution in [0.1, 0.15) is 50.7 Å². The van der Waals surface area contributed by atoms with E-state index in [9.17, 15) is 4.79 Å². The summed E-state index contributed by atoms with van der Waals surface area (Å²) >= 11 is 0. The van der Waals surface area contributed by atoms with Gasteiger partial charge >= 0.3 is 6.09 Å². The maximum absolute atomic E-state index is 12.3. The van der Waals surface area contributed by atoms with Crippen LogP contribution < -0.4 is 0 Å². The standard InChI is InChI=1S/C21H30N2O4/c1-21(2,3)27-20(24)23-10-8-15(9-11-23)18-12-22-19-16(13-26-14-25-4)6-5-7-17(18)19/h5-7,12,15,22H,8-11,13-14H2,1-4H3. The van der Waals surface area contributed by atoms with Crippen molar-refractivity contribution in [2.75, 3.05) is 27.0 Å². The van der Waals surface area contributed by atoms with E-state index in [2.05, 4.69) is 29.4 Å². The van der Waals surface area contributed by atoms with Crippen molar-refractivity contribution >= 4 is 17.0 Å².